The number of carbonyl (C=O) groups excluding carboxylic acids is 1. The fraction of sp³-hybridized carbons (Fsp3) is 0.409. The zero-order chi connectivity index (χ0) is 20.0. The van der Waals surface area contributed by atoms with E-state index in [9.17, 15) is 18.3 Å². The minimum atomic E-state index is -3.85. The topological polar surface area (TPSA) is 83.5 Å². The summed E-state index contributed by atoms with van der Waals surface area (Å²) in [5.74, 6) is -0.507. The molecule has 28 heavy (non-hydrogen) atoms. The molecule has 1 amide bonds. The van der Waals surface area contributed by atoms with E-state index in [0.29, 0.717) is 5.69 Å². The van der Waals surface area contributed by atoms with Gasteiger partial charge in [-0.15, -0.1) is 0 Å². The summed E-state index contributed by atoms with van der Waals surface area (Å²) in [7, 11) is -3.85. The molecular formula is C22H27NO4S. The molecule has 2 atom stereocenters. The molecule has 1 aliphatic rings. The van der Waals surface area contributed by atoms with Crippen LogP contribution in [0.1, 0.15) is 38.5 Å². The molecule has 0 aromatic heterocycles. The maximum absolute atomic E-state index is 13.3. The van der Waals surface area contributed by atoms with E-state index >= 15 is 0 Å². The highest BCUT2D eigenvalue weighted by atomic mass is 32.2. The number of aliphatic hydroxyl groups is 1. The van der Waals surface area contributed by atoms with Crippen molar-refractivity contribution in [1.29, 1.82) is 0 Å². The van der Waals surface area contributed by atoms with Gasteiger partial charge in [0.15, 0.2) is 9.84 Å². The van der Waals surface area contributed by atoms with Gasteiger partial charge in [0.2, 0.25) is 5.91 Å². The van der Waals surface area contributed by atoms with Crippen molar-refractivity contribution in [2.24, 2.45) is 5.92 Å². The van der Waals surface area contributed by atoms with Crippen LogP contribution >= 0.6 is 0 Å². The third kappa shape index (κ3) is 5.00. The van der Waals surface area contributed by atoms with E-state index in [1.54, 1.807) is 42.5 Å². The molecule has 0 aliphatic heterocycles. The van der Waals surface area contributed by atoms with E-state index in [0.717, 1.165) is 32.1 Å². The predicted octanol–water partition coefficient (Wildman–Crippen LogP) is 3.80. The van der Waals surface area contributed by atoms with Gasteiger partial charge in [-0.25, -0.2) is 8.42 Å². The molecule has 5 nitrogen and oxygen atoms in total. The smallest absolute Gasteiger partial charge is 0.225 e. The minimum Gasteiger partial charge on any atom is -0.391 e. The molecule has 1 saturated carbocycles. The Morgan fingerprint density at radius 1 is 0.964 bits per heavy atom. The van der Waals surface area contributed by atoms with Crippen molar-refractivity contribution in [2.45, 2.75) is 54.8 Å². The molecule has 150 valence electrons. The van der Waals surface area contributed by atoms with Crippen LogP contribution < -0.4 is 5.32 Å². The summed E-state index contributed by atoms with van der Waals surface area (Å²) in [5.41, 5.74) is 0.607. The first-order valence-corrected chi connectivity index (χ1v) is 11.3. The number of hydrogen-bond donors (Lipinski definition) is 2. The molecule has 0 bridgehead atoms. The van der Waals surface area contributed by atoms with Crippen molar-refractivity contribution >= 4 is 21.4 Å². The van der Waals surface area contributed by atoms with Gasteiger partial charge in [0.1, 0.15) is 5.25 Å². The summed E-state index contributed by atoms with van der Waals surface area (Å²) in [6, 6.07) is 17.0. The second kappa shape index (κ2) is 9.34. The van der Waals surface area contributed by atoms with Crippen molar-refractivity contribution in [3.63, 3.8) is 0 Å². The number of amides is 1. The van der Waals surface area contributed by atoms with E-state index in [1.165, 1.54) is 12.1 Å². The Labute approximate surface area is 166 Å². The molecule has 3 rings (SSSR count). The van der Waals surface area contributed by atoms with Gasteiger partial charge >= 0.3 is 0 Å². The largest absolute Gasteiger partial charge is 0.391 e. The Balaban J connectivity index is 1.84. The molecular weight excluding hydrogens is 374 g/mol. The van der Waals surface area contributed by atoms with Crippen LogP contribution in [-0.2, 0) is 14.6 Å². The number of nitrogens with one attached hydrogen (secondary N) is 1. The van der Waals surface area contributed by atoms with Gasteiger partial charge < -0.3 is 10.4 Å². The standard InChI is InChI=1S/C22H27NO4S/c24-21(23-18-12-6-2-7-13-18)16-20(22(25)17-10-4-1-5-11-17)28(26,27)19-14-8-3-9-15-19/h2-3,6-9,12-15,17,20,22,25H,1,4-5,10-11,16H2,(H,23,24). The highest BCUT2D eigenvalue weighted by Crippen LogP contribution is 2.32. The van der Waals surface area contributed by atoms with Gasteiger partial charge in [0.05, 0.1) is 11.0 Å². The lowest BCUT2D eigenvalue weighted by Gasteiger charge is -2.32. The molecule has 0 radical (unpaired) electrons. The number of anilines is 1. The SMILES string of the molecule is O=C(CC(C(O)C1CCCCC1)S(=O)(=O)c1ccccc1)Nc1ccccc1. The molecule has 1 fully saturated rings. The first kappa shape index (κ1) is 20.6. The second-order valence-corrected chi connectivity index (χ2v) is 9.57. The maximum Gasteiger partial charge on any atom is 0.225 e. The average Bonchev–Trinajstić information content (AvgIpc) is 2.73. The highest BCUT2D eigenvalue weighted by molar-refractivity contribution is 7.92. The number of sulfone groups is 1. The van der Waals surface area contributed by atoms with Crippen molar-refractivity contribution < 1.29 is 18.3 Å². The van der Waals surface area contributed by atoms with Gasteiger partial charge in [-0.05, 0) is 43.0 Å². The van der Waals surface area contributed by atoms with Crippen LogP contribution in [0, 0.1) is 5.92 Å². The lowest BCUT2D eigenvalue weighted by Crippen LogP contribution is -2.42. The van der Waals surface area contributed by atoms with E-state index < -0.39 is 27.1 Å². The summed E-state index contributed by atoms with van der Waals surface area (Å²) >= 11 is 0. The Morgan fingerprint density at radius 3 is 2.14 bits per heavy atom. The molecule has 2 N–H and O–H groups in total. The van der Waals surface area contributed by atoms with Crippen molar-refractivity contribution in [2.75, 3.05) is 5.32 Å². The zero-order valence-electron chi connectivity index (χ0n) is 15.8. The van der Waals surface area contributed by atoms with Crippen molar-refractivity contribution in [3.8, 4) is 0 Å². The van der Waals surface area contributed by atoms with Gasteiger partial charge in [0, 0.05) is 12.1 Å². The minimum absolute atomic E-state index is 0.0956. The van der Waals surface area contributed by atoms with E-state index in [-0.39, 0.29) is 17.2 Å². The quantitative estimate of drug-likeness (QED) is 0.739. The van der Waals surface area contributed by atoms with Crippen LogP contribution in [0.3, 0.4) is 0 Å². The van der Waals surface area contributed by atoms with Gasteiger partial charge in [-0.3, -0.25) is 4.79 Å². The molecule has 2 aromatic rings. The first-order valence-electron chi connectivity index (χ1n) is 9.80. The summed E-state index contributed by atoms with van der Waals surface area (Å²) < 4.78 is 26.5. The lowest BCUT2D eigenvalue weighted by atomic mass is 9.83. The van der Waals surface area contributed by atoms with Crippen LogP contribution in [0.15, 0.2) is 65.6 Å². The van der Waals surface area contributed by atoms with Crippen molar-refractivity contribution in [1.82, 2.24) is 0 Å². The monoisotopic (exact) mass is 401 g/mol. The molecule has 1 aliphatic carbocycles. The van der Waals surface area contributed by atoms with E-state index in [4.69, 9.17) is 0 Å². The molecule has 0 saturated heterocycles. The van der Waals surface area contributed by atoms with Gasteiger partial charge in [-0.1, -0.05) is 55.7 Å². The maximum atomic E-state index is 13.3. The number of rotatable bonds is 7. The number of para-hydroxylation sites is 1. The number of benzene rings is 2. The average molecular weight is 402 g/mol. The van der Waals surface area contributed by atoms with Gasteiger partial charge in [0.25, 0.3) is 0 Å². The Bertz CT molecular complexity index is 862. The summed E-state index contributed by atoms with van der Waals surface area (Å²) in [6.07, 6.45) is 3.32. The van der Waals surface area contributed by atoms with E-state index in [1.807, 2.05) is 6.07 Å². The third-order valence-electron chi connectivity index (χ3n) is 5.43. The Kier molecular flexibility index (Phi) is 6.86. The fourth-order valence-corrected chi connectivity index (χ4v) is 5.74. The Morgan fingerprint density at radius 2 is 1.54 bits per heavy atom. The predicted molar refractivity (Wildman–Crippen MR) is 110 cm³/mol. The summed E-state index contributed by atoms with van der Waals surface area (Å²) in [4.78, 5) is 12.7. The van der Waals surface area contributed by atoms with Crippen LogP contribution in [0.2, 0.25) is 0 Å². The number of aliphatic hydroxyl groups excluding tert-OH is 1. The lowest BCUT2D eigenvalue weighted by molar-refractivity contribution is -0.116. The van der Waals surface area contributed by atoms with Crippen LogP contribution in [0.4, 0.5) is 5.69 Å². The molecule has 2 aromatic carbocycles. The van der Waals surface area contributed by atoms with E-state index in [2.05, 4.69) is 5.32 Å². The third-order valence-corrected chi connectivity index (χ3v) is 7.60. The Hall–Kier alpha value is -2.18. The summed E-state index contributed by atoms with van der Waals surface area (Å²) in [5, 5.41) is 12.6. The van der Waals surface area contributed by atoms with Crippen molar-refractivity contribution in [3.05, 3.63) is 60.7 Å². The van der Waals surface area contributed by atoms with Crippen LogP contribution in [0.25, 0.3) is 0 Å². The molecule has 6 heteroatoms. The fourth-order valence-electron chi connectivity index (χ4n) is 3.89. The van der Waals surface area contributed by atoms with Crippen LogP contribution in [-0.4, -0.2) is 30.8 Å². The normalized spacial score (nSPS) is 17.6. The molecule has 2 unspecified atom stereocenters. The summed E-state index contributed by atoms with van der Waals surface area (Å²) in [6.45, 7) is 0. The molecule has 0 heterocycles. The van der Waals surface area contributed by atoms with Gasteiger partial charge in [-0.2, -0.15) is 0 Å². The zero-order valence-corrected chi connectivity index (χ0v) is 16.6. The highest BCUT2D eigenvalue weighted by Gasteiger charge is 2.39. The number of carbonyl (C=O) groups is 1. The van der Waals surface area contributed by atoms with Crippen LogP contribution in [0.5, 0.6) is 0 Å². The molecule has 0 spiro atoms. The number of hydrogen-bond acceptors (Lipinski definition) is 4. The first-order chi connectivity index (χ1) is 13.5. The second-order valence-electron chi connectivity index (χ2n) is 7.40.